The van der Waals surface area contributed by atoms with Crippen LogP contribution in [0.1, 0.15) is 31.4 Å². The molecule has 0 unspecified atom stereocenters. The zero-order chi connectivity index (χ0) is 19.3. The molecule has 1 rings (SSSR count). The first-order valence-electron chi connectivity index (χ1n) is 7.33. The van der Waals surface area contributed by atoms with Gasteiger partial charge in [-0.1, -0.05) is 13.8 Å². The molecule has 0 atom stereocenters. The van der Waals surface area contributed by atoms with E-state index in [0.717, 1.165) is 6.08 Å². The van der Waals surface area contributed by atoms with Gasteiger partial charge in [0.1, 0.15) is 5.82 Å². The minimum Gasteiger partial charge on any atom is -0.371 e. The van der Waals surface area contributed by atoms with Crippen molar-refractivity contribution in [2.24, 2.45) is 5.92 Å². The summed E-state index contributed by atoms with van der Waals surface area (Å²) < 4.78 is 77.0. The molecule has 2 N–H and O–H groups in total. The van der Waals surface area contributed by atoms with Crippen molar-refractivity contribution in [1.29, 1.82) is 5.26 Å². The number of nitrogens with one attached hydrogen (secondary N) is 2. The number of halogens is 6. The van der Waals surface area contributed by atoms with Gasteiger partial charge in [0.2, 0.25) is 0 Å². The van der Waals surface area contributed by atoms with Crippen LogP contribution >= 0.6 is 0 Å². The van der Waals surface area contributed by atoms with E-state index in [4.69, 9.17) is 5.26 Å². The average molecular weight is 365 g/mol. The Morgan fingerprint density at radius 3 is 2.00 bits per heavy atom. The molecule has 0 aliphatic rings. The van der Waals surface area contributed by atoms with Crippen molar-refractivity contribution < 1.29 is 26.3 Å². The molecule has 0 aliphatic heterocycles. The summed E-state index contributed by atoms with van der Waals surface area (Å²) in [5.41, 5.74) is -3.27. The maximum absolute atomic E-state index is 12.8. The zero-order valence-corrected chi connectivity index (χ0v) is 13.5. The lowest BCUT2D eigenvalue weighted by molar-refractivity contribution is -0.143. The Morgan fingerprint density at radius 1 is 1.08 bits per heavy atom. The molecule has 9 heteroatoms. The summed E-state index contributed by atoms with van der Waals surface area (Å²) in [6, 6.07) is 2.85. The third-order valence-corrected chi connectivity index (χ3v) is 3.11. The van der Waals surface area contributed by atoms with Crippen LogP contribution in [-0.4, -0.2) is 6.54 Å². The van der Waals surface area contributed by atoms with Gasteiger partial charge in [0.05, 0.1) is 23.3 Å². The van der Waals surface area contributed by atoms with Crippen LogP contribution in [0.2, 0.25) is 0 Å². The predicted octanol–water partition coefficient (Wildman–Crippen LogP) is 5.14. The van der Waals surface area contributed by atoms with E-state index in [-0.39, 0.29) is 11.9 Å². The molecule has 1 aromatic carbocycles. The molecule has 0 saturated heterocycles. The minimum absolute atomic E-state index is 0.0237. The highest BCUT2D eigenvalue weighted by molar-refractivity contribution is 5.54. The largest absolute Gasteiger partial charge is 0.416 e. The summed E-state index contributed by atoms with van der Waals surface area (Å²) in [4.78, 5) is 0. The van der Waals surface area contributed by atoms with E-state index >= 15 is 0 Å². The zero-order valence-electron chi connectivity index (χ0n) is 13.5. The van der Waals surface area contributed by atoms with Crippen LogP contribution in [0, 0.1) is 17.2 Å². The molecule has 138 valence electrons. The number of benzene rings is 1. The second kappa shape index (κ2) is 8.14. The Kier molecular flexibility index (Phi) is 6.73. The Morgan fingerprint density at radius 2 is 1.60 bits per heavy atom. The fourth-order valence-electron chi connectivity index (χ4n) is 1.87. The maximum atomic E-state index is 12.8. The van der Waals surface area contributed by atoms with Crippen LogP contribution in [0.5, 0.6) is 0 Å². The van der Waals surface area contributed by atoms with E-state index in [0.29, 0.717) is 31.0 Å². The summed E-state index contributed by atoms with van der Waals surface area (Å²) in [6.45, 7) is 4.31. The summed E-state index contributed by atoms with van der Waals surface area (Å²) >= 11 is 0. The molecule has 0 saturated carbocycles. The quantitative estimate of drug-likeness (QED) is 0.542. The highest BCUT2D eigenvalue weighted by atomic mass is 19.4. The Labute approximate surface area is 141 Å². The van der Waals surface area contributed by atoms with Gasteiger partial charge in [-0.15, -0.1) is 0 Å². The van der Waals surface area contributed by atoms with Gasteiger partial charge in [0, 0.05) is 12.2 Å². The number of anilines is 1. The van der Waals surface area contributed by atoms with Gasteiger partial charge in [-0.3, -0.25) is 0 Å². The molecule has 0 fully saturated rings. The number of allylic oxidation sites excluding steroid dienone is 1. The Balaban J connectivity index is 3.13. The van der Waals surface area contributed by atoms with Crippen molar-refractivity contribution in [3.05, 3.63) is 41.2 Å². The van der Waals surface area contributed by atoms with Crippen LogP contribution in [0.4, 0.5) is 32.0 Å². The smallest absolute Gasteiger partial charge is 0.371 e. The van der Waals surface area contributed by atoms with Gasteiger partial charge in [-0.2, -0.15) is 31.6 Å². The van der Waals surface area contributed by atoms with Crippen LogP contribution in [0.15, 0.2) is 30.1 Å². The molecule has 0 heterocycles. The van der Waals surface area contributed by atoms with E-state index in [1.54, 1.807) is 6.07 Å². The Hall–Kier alpha value is -2.37. The van der Waals surface area contributed by atoms with Crippen molar-refractivity contribution in [2.75, 3.05) is 11.9 Å². The topological polar surface area (TPSA) is 47.9 Å². The fourth-order valence-corrected chi connectivity index (χ4v) is 1.87. The summed E-state index contributed by atoms with van der Waals surface area (Å²) in [6.07, 6.45) is -8.17. The Bertz CT molecular complexity index is 621. The molecular formula is C16H17F6N3. The molecule has 1 aromatic rings. The monoisotopic (exact) mass is 365 g/mol. The van der Waals surface area contributed by atoms with E-state index in [1.165, 1.54) is 0 Å². The van der Waals surface area contributed by atoms with Crippen molar-refractivity contribution in [1.82, 2.24) is 5.32 Å². The lowest BCUT2D eigenvalue weighted by Gasteiger charge is -2.17. The third-order valence-electron chi connectivity index (χ3n) is 3.11. The first-order chi connectivity index (χ1) is 11.4. The normalized spacial score (nSPS) is 12.9. The van der Waals surface area contributed by atoms with Crippen LogP contribution in [-0.2, 0) is 12.4 Å². The molecule has 25 heavy (non-hydrogen) atoms. The number of rotatable bonds is 6. The van der Waals surface area contributed by atoms with Crippen molar-refractivity contribution >= 4 is 5.69 Å². The van der Waals surface area contributed by atoms with Gasteiger partial charge in [-0.05, 0) is 30.5 Å². The second-order valence-electron chi connectivity index (χ2n) is 5.72. The molecule has 0 radical (unpaired) electrons. The molecule has 0 spiro atoms. The summed E-state index contributed by atoms with van der Waals surface area (Å²) in [5, 5.41) is 13.9. The fraction of sp³-hybridized carbons (Fsp3) is 0.438. The van der Waals surface area contributed by atoms with Gasteiger partial charge < -0.3 is 10.6 Å². The van der Waals surface area contributed by atoms with E-state index in [1.807, 2.05) is 13.8 Å². The first-order valence-corrected chi connectivity index (χ1v) is 7.33. The second-order valence-corrected chi connectivity index (χ2v) is 5.72. The number of hydrogen-bond acceptors (Lipinski definition) is 3. The molecule has 0 aliphatic carbocycles. The standard InChI is InChI=1S/C16H17F6N3/c1-10(2)4-6-24-14(3-5-23)25-13-8-11(15(17,18)19)7-12(9-13)16(20,21)22/h3,7-10,24-25H,4,6H2,1-2H3/b14-3+. The van der Waals surface area contributed by atoms with Crippen molar-refractivity contribution in [3.8, 4) is 6.07 Å². The van der Waals surface area contributed by atoms with E-state index in [9.17, 15) is 26.3 Å². The number of nitrogens with zero attached hydrogens (tertiary/aromatic N) is 1. The van der Waals surface area contributed by atoms with E-state index < -0.39 is 29.2 Å². The van der Waals surface area contributed by atoms with Crippen LogP contribution < -0.4 is 10.6 Å². The lowest BCUT2D eigenvalue weighted by atomic mass is 10.1. The third kappa shape index (κ3) is 6.95. The molecule has 3 nitrogen and oxygen atoms in total. The number of alkyl halides is 6. The maximum Gasteiger partial charge on any atom is 0.416 e. The predicted molar refractivity (Wildman–Crippen MR) is 81.2 cm³/mol. The number of hydrogen-bond donors (Lipinski definition) is 2. The van der Waals surface area contributed by atoms with Gasteiger partial charge in [-0.25, -0.2) is 0 Å². The highest BCUT2D eigenvalue weighted by Gasteiger charge is 2.37. The van der Waals surface area contributed by atoms with Gasteiger partial charge in [0.25, 0.3) is 0 Å². The molecule has 0 aromatic heterocycles. The highest BCUT2D eigenvalue weighted by Crippen LogP contribution is 2.37. The SMILES string of the molecule is CC(C)CCN/C(=C\C#N)Nc1cc(C(F)(F)F)cc(C(F)(F)F)c1. The summed E-state index contributed by atoms with van der Waals surface area (Å²) in [5.74, 6) is 0.358. The number of nitriles is 1. The van der Waals surface area contributed by atoms with Gasteiger partial charge in [0.15, 0.2) is 0 Å². The van der Waals surface area contributed by atoms with Gasteiger partial charge >= 0.3 is 12.4 Å². The average Bonchev–Trinajstić information content (AvgIpc) is 2.45. The summed E-state index contributed by atoms with van der Waals surface area (Å²) in [7, 11) is 0. The molecular weight excluding hydrogens is 348 g/mol. The van der Waals surface area contributed by atoms with Crippen molar-refractivity contribution in [3.63, 3.8) is 0 Å². The minimum atomic E-state index is -4.93. The van der Waals surface area contributed by atoms with Crippen molar-refractivity contribution in [2.45, 2.75) is 32.6 Å². The van der Waals surface area contributed by atoms with E-state index in [2.05, 4.69) is 10.6 Å². The van der Waals surface area contributed by atoms with Crippen LogP contribution in [0.25, 0.3) is 0 Å². The molecule has 0 amide bonds. The molecule has 0 bridgehead atoms. The van der Waals surface area contributed by atoms with Crippen LogP contribution in [0.3, 0.4) is 0 Å². The first kappa shape index (κ1) is 20.7. The lowest BCUT2D eigenvalue weighted by Crippen LogP contribution is -2.22.